The summed E-state index contributed by atoms with van der Waals surface area (Å²) in [5.41, 5.74) is 0.553. The Morgan fingerprint density at radius 2 is 1.33 bits per heavy atom. The second-order valence-electron chi connectivity index (χ2n) is 22.3. The van der Waals surface area contributed by atoms with Crippen molar-refractivity contribution in [2.75, 3.05) is 59.3 Å². The van der Waals surface area contributed by atoms with Gasteiger partial charge in [-0.3, -0.25) is 0 Å². The van der Waals surface area contributed by atoms with E-state index in [1.165, 1.54) is 186 Å². The van der Waals surface area contributed by atoms with E-state index in [1.807, 2.05) is 0 Å². The van der Waals surface area contributed by atoms with Gasteiger partial charge in [-0.05, 0) is 156 Å². The van der Waals surface area contributed by atoms with E-state index in [0.29, 0.717) is 44.6 Å². The predicted octanol–water partition coefficient (Wildman–Crippen LogP) is 16.0. The van der Waals surface area contributed by atoms with E-state index in [4.69, 9.17) is 18.9 Å². The van der Waals surface area contributed by atoms with Gasteiger partial charge < -0.3 is 23.8 Å². The van der Waals surface area contributed by atoms with Crippen LogP contribution in [0.4, 0.5) is 0 Å². The molecular formula is C58H107NO4. The summed E-state index contributed by atoms with van der Waals surface area (Å²) in [4.78, 5) is 2.61. The first-order valence-corrected chi connectivity index (χ1v) is 28.2. The summed E-state index contributed by atoms with van der Waals surface area (Å²) in [6.07, 6.45) is 49.2. The average molecular weight is 882 g/mol. The van der Waals surface area contributed by atoms with Gasteiger partial charge in [0, 0.05) is 13.2 Å². The van der Waals surface area contributed by atoms with Crippen LogP contribution in [0.2, 0.25) is 0 Å². The highest BCUT2D eigenvalue weighted by molar-refractivity contribution is 5.06. The van der Waals surface area contributed by atoms with E-state index < -0.39 is 0 Å². The first kappa shape index (κ1) is 54.9. The molecule has 368 valence electrons. The molecule has 0 radical (unpaired) electrons. The van der Waals surface area contributed by atoms with Crippen molar-refractivity contribution in [1.82, 2.24) is 4.90 Å². The van der Waals surface area contributed by atoms with Crippen LogP contribution in [0.15, 0.2) is 24.3 Å². The third-order valence-corrected chi connectivity index (χ3v) is 16.8. The molecule has 4 rings (SSSR count). The molecule has 0 spiro atoms. The second kappa shape index (κ2) is 33.7. The van der Waals surface area contributed by atoms with Gasteiger partial charge in [0.1, 0.15) is 0 Å². The molecule has 5 heteroatoms. The predicted molar refractivity (Wildman–Crippen MR) is 271 cm³/mol. The Morgan fingerprint density at radius 3 is 2.06 bits per heavy atom. The molecule has 4 aliphatic rings. The third kappa shape index (κ3) is 21.8. The van der Waals surface area contributed by atoms with Crippen LogP contribution < -0.4 is 0 Å². The Kier molecular flexibility index (Phi) is 29.4. The summed E-state index contributed by atoms with van der Waals surface area (Å²) in [6, 6.07) is 0. The van der Waals surface area contributed by atoms with E-state index in [-0.39, 0.29) is 6.10 Å². The molecule has 0 aromatic rings. The molecule has 3 aliphatic carbocycles. The minimum atomic E-state index is 0.115. The van der Waals surface area contributed by atoms with Crippen LogP contribution in [0.5, 0.6) is 0 Å². The molecule has 0 aromatic carbocycles. The summed E-state index contributed by atoms with van der Waals surface area (Å²) in [6.45, 7) is 22.4. The van der Waals surface area contributed by atoms with Crippen LogP contribution in [0, 0.1) is 46.8 Å². The number of rotatable bonds is 33. The molecule has 9 atom stereocenters. The number of allylic oxidation sites excluding steroid dienone is 3. The van der Waals surface area contributed by atoms with Crippen molar-refractivity contribution in [2.45, 2.75) is 240 Å². The van der Waals surface area contributed by atoms with Crippen LogP contribution in [-0.2, 0) is 18.9 Å². The quantitative estimate of drug-likeness (QED) is 0.0485. The highest BCUT2D eigenvalue weighted by atomic mass is 16.6. The van der Waals surface area contributed by atoms with E-state index in [9.17, 15) is 0 Å². The number of nitrogens with zero attached hydrogens (tertiary/aromatic N) is 1. The van der Waals surface area contributed by atoms with Crippen molar-refractivity contribution < 1.29 is 18.9 Å². The minimum Gasteiger partial charge on any atom is -0.379 e. The van der Waals surface area contributed by atoms with Crippen molar-refractivity contribution in [3.8, 4) is 0 Å². The zero-order valence-electron chi connectivity index (χ0n) is 43.0. The van der Waals surface area contributed by atoms with Crippen LogP contribution in [-0.4, -0.2) is 76.4 Å². The fourth-order valence-electron chi connectivity index (χ4n) is 12.9. The maximum absolute atomic E-state index is 6.51. The van der Waals surface area contributed by atoms with E-state index >= 15 is 0 Å². The molecule has 1 heterocycles. The Hall–Kier alpha value is -0.720. The zero-order valence-corrected chi connectivity index (χ0v) is 43.0. The van der Waals surface area contributed by atoms with E-state index in [0.717, 1.165) is 67.4 Å². The van der Waals surface area contributed by atoms with Crippen LogP contribution in [0.1, 0.15) is 228 Å². The maximum atomic E-state index is 6.51. The van der Waals surface area contributed by atoms with Gasteiger partial charge in [0.05, 0.1) is 45.2 Å². The van der Waals surface area contributed by atoms with Crippen LogP contribution in [0.25, 0.3) is 0 Å². The third-order valence-electron chi connectivity index (χ3n) is 16.8. The molecule has 5 nitrogen and oxygen atoms in total. The topological polar surface area (TPSA) is 40.2 Å². The first-order valence-electron chi connectivity index (χ1n) is 28.2. The lowest BCUT2D eigenvalue weighted by atomic mass is 9.53. The first-order chi connectivity index (χ1) is 30.8. The number of likely N-dealkylation sites (tertiary alicyclic amines) is 1. The molecule has 0 bridgehead atoms. The molecule has 0 aromatic heterocycles. The number of unbranched alkanes of at least 4 members (excludes halogenated alkanes) is 12. The van der Waals surface area contributed by atoms with Gasteiger partial charge in [0.15, 0.2) is 0 Å². The van der Waals surface area contributed by atoms with Crippen LogP contribution >= 0.6 is 0 Å². The fraction of sp³-hybridized carbons (Fsp3) is 0.931. The summed E-state index contributed by atoms with van der Waals surface area (Å²) in [5.74, 6) is 6.08. The van der Waals surface area contributed by atoms with Gasteiger partial charge >= 0.3 is 0 Å². The molecule has 2 saturated carbocycles. The maximum Gasteiger partial charge on any atom is 0.0936 e. The summed E-state index contributed by atoms with van der Waals surface area (Å²) in [7, 11) is 0. The Balaban J connectivity index is 1.06. The van der Waals surface area contributed by atoms with Crippen molar-refractivity contribution in [3.63, 3.8) is 0 Å². The van der Waals surface area contributed by atoms with Gasteiger partial charge in [-0.1, -0.05) is 156 Å². The van der Waals surface area contributed by atoms with Gasteiger partial charge in [-0.25, -0.2) is 0 Å². The zero-order chi connectivity index (χ0) is 44.8. The molecule has 63 heavy (non-hydrogen) atoms. The average Bonchev–Trinajstić information content (AvgIpc) is 3.42. The minimum absolute atomic E-state index is 0.115. The van der Waals surface area contributed by atoms with Crippen molar-refractivity contribution in [1.29, 1.82) is 0 Å². The number of hydrogen-bond acceptors (Lipinski definition) is 5. The molecule has 0 amide bonds. The van der Waals surface area contributed by atoms with Gasteiger partial charge in [-0.2, -0.15) is 0 Å². The fourth-order valence-corrected chi connectivity index (χ4v) is 12.9. The summed E-state index contributed by atoms with van der Waals surface area (Å²) < 4.78 is 25.3. The normalized spacial score (nSPS) is 28.3. The lowest BCUT2D eigenvalue weighted by Crippen LogP contribution is -2.44. The van der Waals surface area contributed by atoms with Gasteiger partial charge in [-0.15, -0.1) is 0 Å². The summed E-state index contributed by atoms with van der Waals surface area (Å²) >= 11 is 0. The van der Waals surface area contributed by atoms with Gasteiger partial charge in [0.25, 0.3) is 0 Å². The highest BCUT2D eigenvalue weighted by Gasteiger charge is 2.54. The van der Waals surface area contributed by atoms with Crippen molar-refractivity contribution in [2.24, 2.45) is 46.8 Å². The lowest BCUT2D eigenvalue weighted by molar-refractivity contribution is -0.0596. The number of ether oxygens (including phenoxy) is 4. The second-order valence-corrected chi connectivity index (χ2v) is 22.3. The Bertz CT molecular complexity index is 1150. The molecule has 9 unspecified atom stereocenters. The standard InChI is InChI=1S/C58H107NO4/c1-7-8-9-10-11-12-13-14-15-16-17-18-19-20-23-28-42-61-48-53(47-59-40-26-21-22-27-41-59)63-46-44-60-43-45-62-52-32-24-25-33-55-54(50(4)34-35-52)38-39-58(6)56(36-37-57(55)58)51(5)31-29-30-49(2)3/h14-15,24-25,49-57H,7-13,16-23,26-48H2,1-6H3. The largest absolute Gasteiger partial charge is 0.379 e. The molecular weight excluding hydrogens is 775 g/mol. The number of fused-ring (bicyclic) bond motifs is 3. The SMILES string of the molecule is CCCCCCCCC=CCCCCCCCCOCC(CN1CCCCCC1)OCCOCCOC1CC=CCC2C(CCC3(C)C(C(C)CCCC(C)C)CCC23)C(C)CC1. The smallest absolute Gasteiger partial charge is 0.0936 e. The molecule has 1 saturated heterocycles. The summed E-state index contributed by atoms with van der Waals surface area (Å²) in [5, 5.41) is 0. The van der Waals surface area contributed by atoms with Crippen molar-refractivity contribution in [3.05, 3.63) is 24.3 Å². The molecule has 1 aliphatic heterocycles. The van der Waals surface area contributed by atoms with Crippen molar-refractivity contribution >= 4 is 0 Å². The van der Waals surface area contributed by atoms with E-state index in [1.54, 1.807) is 0 Å². The molecule has 0 N–H and O–H groups in total. The van der Waals surface area contributed by atoms with Gasteiger partial charge in [0.2, 0.25) is 0 Å². The number of hydrogen-bond donors (Lipinski definition) is 0. The Morgan fingerprint density at radius 1 is 0.651 bits per heavy atom. The van der Waals surface area contributed by atoms with Crippen LogP contribution in [0.3, 0.4) is 0 Å². The lowest BCUT2D eigenvalue weighted by Gasteiger charge is -2.51. The highest BCUT2D eigenvalue weighted by Crippen LogP contribution is 2.63. The Labute approximate surface area is 392 Å². The van der Waals surface area contributed by atoms with E-state index in [2.05, 4.69) is 70.7 Å². The monoisotopic (exact) mass is 882 g/mol. The molecule has 3 fully saturated rings.